The lowest BCUT2D eigenvalue weighted by Crippen LogP contribution is -2.07. The molecule has 0 aromatic heterocycles. The fourth-order valence-electron chi connectivity index (χ4n) is 1.90. The van der Waals surface area contributed by atoms with Crippen molar-refractivity contribution < 1.29 is 14.6 Å². The molecular formula is C16H22O3. The van der Waals surface area contributed by atoms with Crippen molar-refractivity contribution in [3.63, 3.8) is 0 Å². The Labute approximate surface area is 114 Å². The van der Waals surface area contributed by atoms with Crippen molar-refractivity contribution >= 4 is 5.97 Å². The number of phenolic OH excluding ortho intramolecular Hbond substituents is 1. The maximum Gasteiger partial charge on any atom is 0.343 e. The Balaban J connectivity index is 3.34. The van der Waals surface area contributed by atoms with Crippen LogP contribution in [0.1, 0.15) is 67.9 Å². The summed E-state index contributed by atoms with van der Waals surface area (Å²) in [6, 6.07) is 3.38. The molecule has 1 N–H and O–H groups in total. The lowest BCUT2D eigenvalue weighted by Gasteiger charge is -2.17. The molecule has 3 nitrogen and oxygen atoms in total. The van der Waals surface area contributed by atoms with E-state index in [2.05, 4.69) is 6.58 Å². The van der Waals surface area contributed by atoms with Gasteiger partial charge in [-0.05, 0) is 42.0 Å². The quantitative estimate of drug-likeness (QED) is 0.649. The number of ether oxygens (including phenoxy) is 1. The first-order chi connectivity index (χ1) is 8.73. The Morgan fingerprint density at radius 3 is 1.89 bits per heavy atom. The van der Waals surface area contributed by atoms with Crippen LogP contribution in [0, 0.1) is 0 Å². The van der Waals surface area contributed by atoms with Gasteiger partial charge < -0.3 is 9.84 Å². The topological polar surface area (TPSA) is 46.5 Å². The molecule has 0 saturated carbocycles. The van der Waals surface area contributed by atoms with Gasteiger partial charge in [-0.1, -0.05) is 34.3 Å². The van der Waals surface area contributed by atoms with Crippen LogP contribution in [0.5, 0.6) is 5.75 Å². The van der Waals surface area contributed by atoms with Gasteiger partial charge in [0.2, 0.25) is 0 Å². The van der Waals surface area contributed by atoms with Gasteiger partial charge in [0.05, 0.1) is 11.3 Å². The van der Waals surface area contributed by atoms with E-state index >= 15 is 0 Å². The lowest BCUT2D eigenvalue weighted by atomic mass is 9.91. The van der Waals surface area contributed by atoms with Crippen LogP contribution in [0.2, 0.25) is 0 Å². The summed E-state index contributed by atoms with van der Waals surface area (Å²) in [6.45, 7) is 13.1. The Morgan fingerprint density at radius 2 is 1.58 bits per heavy atom. The highest BCUT2D eigenvalue weighted by atomic mass is 16.5. The van der Waals surface area contributed by atoms with Crippen LogP contribution in [-0.2, 0) is 4.74 Å². The first-order valence-corrected chi connectivity index (χ1v) is 6.48. The second-order valence-electron chi connectivity index (χ2n) is 5.40. The molecule has 1 aromatic carbocycles. The molecule has 3 heteroatoms. The largest absolute Gasteiger partial charge is 0.507 e. The number of rotatable bonds is 4. The summed E-state index contributed by atoms with van der Waals surface area (Å²) in [6.07, 6.45) is 0. The van der Waals surface area contributed by atoms with Crippen LogP contribution in [0.15, 0.2) is 24.5 Å². The third kappa shape index (κ3) is 3.60. The highest BCUT2D eigenvalue weighted by Gasteiger charge is 2.18. The monoisotopic (exact) mass is 262 g/mol. The van der Waals surface area contributed by atoms with Crippen LogP contribution in [-0.4, -0.2) is 11.1 Å². The van der Waals surface area contributed by atoms with Crippen molar-refractivity contribution in [2.75, 3.05) is 0 Å². The Kier molecular flexibility index (Phi) is 4.76. The maximum absolute atomic E-state index is 12.0. The third-order valence-corrected chi connectivity index (χ3v) is 2.92. The summed E-state index contributed by atoms with van der Waals surface area (Å²) in [5.74, 6) is 0.466. The molecule has 0 bridgehead atoms. The highest BCUT2D eigenvalue weighted by Crippen LogP contribution is 2.35. The van der Waals surface area contributed by atoms with Crippen molar-refractivity contribution in [1.29, 1.82) is 0 Å². The van der Waals surface area contributed by atoms with Crippen LogP contribution < -0.4 is 0 Å². The van der Waals surface area contributed by atoms with Gasteiger partial charge >= 0.3 is 5.97 Å². The van der Waals surface area contributed by atoms with Crippen LogP contribution in [0.4, 0.5) is 0 Å². The van der Waals surface area contributed by atoms with Gasteiger partial charge in [0.25, 0.3) is 0 Å². The molecule has 19 heavy (non-hydrogen) atoms. The molecule has 0 saturated heterocycles. The number of aromatic hydroxyl groups is 1. The maximum atomic E-state index is 12.0. The molecular weight excluding hydrogens is 240 g/mol. The number of hydrogen-bond donors (Lipinski definition) is 1. The van der Waals surface area contributed by atoms with Crippen molar-refractivity contribution in [1.82, 2.24) is 0 Å². The molecule has 0 radical (unpaired) electrons. The minimum Gasteiger partial charge on any atom is -0.507 e. The number of carbonyl (C=O) groups excluding carboxylic acids is 1. The second kappa shape index (κ2) is 5.91. The molecule has 0 atom stereocenters. The standard InChI is InChI=1S/C16H22O3/c1-9(2)13-7-12(16(18)19-11(5)6)8-14(10(3)4)15(13)17/h7-10,17H,5H2,1-4,6H3. The van der Waals surface area contributed by atoms with Crippen molar-refractivity contribution in [2.45, 2.75) is 46.5 Å². The molecule has 0 unspecified atom stereocenters. The first-order valence-electron chi connectivity index (χ1n) is 6.48. The smallest absolute Gasteiger partial charge is 0.343 e. The van der Waals surface area contributed by atoms with Gasteiger partial charge in [-0.3, -0.25) is 0 Å². The molecule has 0 aliphatic rings. The molecule has 1 rings (SSSR count). The van der Waals surface area contributed by atoms with Crippen molar-refractivity contribution in [3.8, 4) is 5.75 Å². The zero-order valence-electron chi connectivity index (χ0n) is 12.3. The Bertz CT molecular complexity index is 470. The third-order valence-electron chi connectivity index (χ3n) is 2.92. The number of esters is 1. The average Bonchev–Trinajstić information content (AvgIpc) is 2.27. The second-order valence-corrected chi connectivity index (χ2v) is 5.40. The fourth-order valence-corrected chi connectivity index (χ4v) is 1.90. The van der Waals surface area contributed by atoms with E-state index in [-0.39, 0.29) is 17.6 Å². The number of allylic oxidation sites excluding steroid dienone is 1. The Hall–Kier alpha value is -1.77. The molecule has 0 amide bonds. The van der Waals surface area contributed by atoms with E-state index in [1.54, 1.807) is 19.1 Å². The van der Waals surface area contributed by atoms with Crippen molar-refractivity contribution in [2.24, 2.45) is 0 Å². The first kappa shape index (κ1) is 15.3. The van der Waals surface area contributed by atoms with Crippen LogP contribution >= 0.6 is 0 Å². The predicted octanol–water partition coefficient (Wildman–Crippen LogP) is 4.33. The minimum atomic E-state index is -0.434. The van der Waals surface area contributed by atoms with Crippen molar-refractivity contribution in [3.05, 3.63) is 41.2 Å². The van der Waals surface area contributed by atoms with E-state index in [4.69, 9.17) is 4.74 Å². The zero-order chi connectivity index (χ0) is 14.7. The predicted molar refractivity (Wildman–Crippen MR) is 76.5 cm³/mol. The molecule has 1 aromatic rings. The SMILES string of the molecule is C=C(C)OC(=O)c1cc(C(C)C)c(O)c(C(C)C)c1. The summed E-state index contributed by atoms with van der Waals surface area (Å²) in [5, 5.41) is 10.2. The molecule has 0 aliphatic carbocycles. The summed E-state index contributed by atoms with van der Waals surface area (Å²) in [4.78, 5) is 12.0. The van der Waals surface area contributed by atoms with Gasteiger partial charge in [0, 0.05) is 0 Å². The van der Waals surface area contributed by atoms with Gasteiger partial charge in [0.1, 0.15) is 5.75 Å². The van der Waals surface area contributed by atoms with Gasteiger partial charge in [0.15, 0.2) is 0 Å². The molecule has 0 heterocycles. The molecule has 0 fully saturated rings. The van der Waals surface area contributed by atoms with Gasteiger partial charge in [-0.2, -0.15) is 0 Å². The van der Waals surface area contributed by atoms with E-state index in [1.165, 1.54) is 0 Å². The molecule has 104 valence electrons. The van der Waals surface area contributed by atoms with Crippen LogP contribution in [0.3, 0.4) is 0 Å². The average molecular weight is 262 g/mol. The van der Waals surface area contributed by atoms with E-state index in [1.807, 2.05) is 27.7 Å². The molecule has 0 spiro atoms. The van der Waals surface area contributed by atoms with Crippen LogP contribution in [0.25, 0.3) is 0 Å². The summed E-state index contributed by atoms with van der Waals surface area (Å²) in [7, 11) is 0. The number of carbonyl (C=O) groups is 1. The Morgan fingerprint density at radius 1 is 1.16 bits per heavy atom. The summed E-state index contributed by atoms with van der Waals surface area (Å²) < 4.78 is 5.03. The van der Waals surface area contributed by atoms with E-state index in [0.717, 1.165) is 11.1 Å². The number of benzene rings is 1. The summed E-state index contributed by atoms with van der Waals surface area (Å²) >= 11 is 0. The minimum absolute atomic E-state index is 0.134. The number of hydrogen-bond acceptors (Lipinski definition) is 3. The highest BCUT2D eigenvalue weighted by molar-refractivity contribution is 5.91. The normalized spacial score (nSPS) is 10.9. The zero-order valence-corrected chi connectivity index (χ0v) is 12.3. The van der Waals surface area contributed by atoms with E-state index in [0.29, 0.717) is 11.3 Å². The van der Waals surface area contributed by atoms with E-state index < -0.39 is 5.97 Å². The summed E-state index contributed by atoms with van der Waals surface area (Å²) in [5.41, 5.74) is 1.98. The van der Waals surface area contributed by atoms with E-state index in [9.17, 15) is 9.90 Å². The molecule has 0 aliphatic heterocycles. The lowest BCUT2D eigenvalue weighted by molar-refractivity contribution is 0.0627. The van der Waals surface area contributed by atoms with Gasteiger partial charge in [-0.15, -0.1) is 0 Å². The van der Waals surface area contributed by atoms with Gasteiger partial charge in [-0.25, -0.2) is 4.79 Å². The fraction of sp³-hybridized carbons (Fsp3) is 0.438. The number of phenols is 1.